The second-order valence-electron chi connectivity index (χ2n) is 3.47. The van der Waals surface area contributed by atoms with Crippen LogP contribution in [0.2, 0.25) is 0 Å². The molecule has 0 aliphatic rings. The van der Waals surface area contributed by atoms with E-state index in [1.165, 1.54) is 16.7 Å². The molecular weight excluding hydrogens is 190 g/mol. The lowest BCUT2D eigenvalue weighted by Gasteiger charge is -2.05. The number of carbonyl (C=O) groups excluding carboxylic acids is 1. The first-order valence-corrected chi connectivity index (χ1v) is 4.66. The summed E-state index contributed by atoms with van der Waals surface area (Å²) in [6.07, 6.45) is 1.25. The molecule has 0 aliphatic carbocycles. The number of nitrogens with zero attached hydrogens (tertiary/aromatic N) is 2. The molecular formula is C11H15N3O. The molecule has 0 unspecified atom stereocenters. The van der Waals surface area contributed by atoms with Gasteiger partial charge in [0.2, 0.25) is 0 Å². The quantitative estimate of drug-likeness (QED) is 0.600. The number of hydrogen-bond acceptors (Lipinski definition) is 3. The summed E-state index contributed by atoms with van der Waals surface area (Å²) in [5.41, 5.74) is 4.83. The van der Waals surface area contributed by atoms with Gasteiger partial charge in [0.25, 0.3) is 5.91 Å². The van der Waals surface area contributed by atoms with Crippen molar-refractivity contribution >= 4 is 17.8 Å². The topological polar surface area (TPSA) is 44.7 Å². The van der Waals surface area contributed by atoms with Crippen LogP contribution in [0.25, 0.3) is 0 Å². The Bertz CT molecular complexity index is 355. The summed E-state index contributed by atoms with van der Waals surface area (Å²) in [6.45, 7) is 2.02. The van der Waals surface area contributed by atoms with E-state index >= 15 is 0 Å². The van der Waals surface area contributed by atoms with E-state index in [0.29, 0.717) is 0 Å². The Morgan fingerprint density at radius 1 is 1.33 bits per heavy atom. The van der Waals surface area contributed by atoms with Crippen molar-refractivity contribution in [1.29, 1.82) is 0 Å². The van der Waals surface area contributed by atoms with Crippen LogP contribution in [0.1, 0.15) is 5.56 Å². The van der Waals surface area contributed by atoms with Gasteiger partial charge >= 0.3 is 0 Å². The second-order valence-corrected chi connectivity index (χ2v) is 3.47. The minimum atomic E-state index is -0.144. The first-order chi connectivity index (χ1) is 7.09. The number of rotatable bonds is 3. The van der Waals surface area contributed by atoms with E-state index in [-0.39, 0.29) is 5.91 Å². The lowest BCUT2D eigenvalue weighted by atomic mass is 10.2. The van der Waals surface area contributed by atoms with Gasteiger partial charge in [0, 0.05) is 14.1 Å². The molecule has 0 atom stereocenters. The first-order valence-electron chi connectivity index (χ1n) is 4.66. The molecule has 0 fully saturated rings. The third-order valence-electron chi connectivity index (χ3n) is 1.86. The zero-order valence-corrected chi connectivity index (χ0v) is 9.19. The highest BCUT2D eigenvalue weighted by molar-refractivity contribution is 6.26. The van der Waals surface area contributed by atoms with Crippen LogP contribution in [0.3, 0.4) is 0 Å². The number of carbonyl (C=O) groups is 1. The summed E-state index contributed by atoms with van der Waals surface area (Å²) in [5, 5.41) is 3.83. The van der Waals surface area contributed by atoms with E-state index < -0.39 is 0 Å². The number of hydrazone groups is 1. The Morgan fingerprint density at radius 2 is 1.93 bits per heavy atom. The maximum absolute atomic E-state index is 11.1. The lowest BCUT2D eigenvalue weighted by Crippen LogP contribution is -2.22. The third-order valence-corrected chi connectivity index (χ3v) is 1.86. The molecule has 1 aromatic carbocycles. The van der Waals surface area contributed by atoms with E-state index in [1.807, 2.05) is 31.2 Å². The van der Waals surface area contributed by atoms with Crippen LogP contribution in [0.5, 0.6) is 0 Å². The van der Waals surface area contributed by atoms with Gasteiger partial charge in [-0.3, -0.25) is 10.2 Å². The molecule has 4 heteroatoms. The van der Waals surface area contributed by atoms with Gasteiger partial charge in [-0.1, -0.05) is 17.7 Å². The molecule has 1 rings (SSSR count). The zero-order valence-electron chi connectivity index (χ0n) is 9.19. The Balaban J connectivity index is 2.50. The summed E-state index contributed by atoms with van der Waals surface area (Å²) < 4.78 is 0. The maximum Gasteiger partial charge on any atom is 0.266 e. The van der Waals surface area contributed by atoms with Gasteiger partial charge in [0.15, 0.2) is 0 Å². The number of nitrogens with one attached hydrogen (secondary N) is 1. The number of benzene rings is 1. The van der Waals surface area contributed by atoms with Crippen LogP contribution < -0.4 is 5.43 Å². The van der Waals surface area contributed by atoms with Crippen LogP contribution >= 0.6 is 0 Å². The van der Waals surface area contributed by atoms with Crippen LogP contribution in [0.4, 0.5) is 5.69 Å². The largest absolute Gasteiger partial charge is 0.344 e. The van der Waals surface area contributed by atoms with Gasteiger partial charge in [-0.2, -0.15) is 5.10 Å². The van der Waals surface area contributed by atoms with Crippen molar-refractivity contribution in [1.82, 2.24) is 4.90 Å². The van der Waals surface area contributed by atoms with Crippen molar-refractivity contribution in [3.05, 3.63) is 29.8 Å². The van der Waals surface area contributed by atoms with Crippen molar-refractivity contribution < 1.29 is 4.79 Å². The van der Waals surface area contributed by atoms with Gasteiger partial charge < -0.3 is 4.90 Å². The average molecular weight is 205 g/mol. The molecule has 1 aromatic rings. The first kappa shape index (κ1) is 11.2. The van der Waals surface area contributed by atoms with Crippen molar-refractivity contribution in [2.75, 3.05) is 19.5 Å². The van der Waals surface area contributed by atoms with Crippen molar-refractivity contribution in [2.45, 2.75) is 6.92 Å². The second kappa shape index (κ2) is 5.14. The van der Waals surface area contributed by atoms with E-state index in [0.717, 1.165) is 5.69 Å². The zero-order chi connectivity index (χ0) is 11.3. The molecule has 80 valence electrons. The Labute approximate surface area is 89.6 Å². The fourth-order valence-corrected chi connectivity index (χ4v) is 0.906. The SMILES string of the molecule is Cc1ccc(N/N=C/C(=O)N(C)C)cc1. The molecule has 0 bridgehead atoms. The van der Waals surface area contributed by atoms with Gasteiger partial charge in [-0.15, -0.1) is 0 Å². The average Bonchev–Trinajstić information content (AvgIpc) is 2.20. The predicted molar refractivity (Wildman–Crippen MR) is 62.0 cm³/mol. The summed E-state index contributed by atoms with van der Waals surface area (Å²) in [4.78, 5) is 12.6. The van der Waals surface area contributed by atoms with Crippen molar-refractivity contribution in [2.24, 2.45) is 5.10 Å². The highest BCUT2D eigenvalue weighted by Crippen LogP contribution is 2.07. The van der Waals surface area contributed by atoms with E-state index in [9.17, 15) is 4.79 Å². The molecule has 0 radical (unpaired) electrons. The summed E-state index contributed by atoms with van der Waals surface area (Å²) in [5.74, 6) is -0.144. The Kier molecular flexibility index (Phi) is 3.85. The molecule has 0 saturated carbocycles. The summed E-state index contributed by atoms with van der Waals surface area (Å²) in [7, 11) is 3.36. The highest BCUT2D eigenvalue weighted by Gasteiger charge is 1.97. The number of hydrogen-bond donors (Lipinski definition) is 1. The molecule has 15 heavy (non-hydrogen) atoms. The number of aryl methyl sites for hydroxylation is 1. The van der Waals surface area contributed by atoms with E-state index in [4.69, 9.17) is 0 Å². The monoisotopic (exact) mass is 205 g/mol. The fraction of sp³-hybridized carbons (Fsp3) is 0.273. The van der Waals surface area contributed by atoms with E-state index in [2.05, 4.69) is 10.5 Å². The van der Waals surface area contributed by atoms with Crippen LogP contribution in [-0.4, -0.2) is 31.1 Å². The molecule has 4 nitrogen and oxygen atoms in total. The molecule has 0 saturated heterocycles. The smallest absolute Gasteiger partial charge is 0.266 e. The molecule has 1 amide bonds. The van der Waals surface area contributed by atoms with Gasteiger partial charge in [0.1, 0.15) is 6.21 Å². The molecule has 0 spiro atoms. The number of anilines is 1. The van der Waals surface area contributed by atoms with Crippen LogP contribution in [0, 0.1) is 6.92 Å². The lowest BCUT2D eigenvalue weighted by molar-refractivity contribution is -0.121. The van der Waals surface area contributed by atoms with Crippen LogP contribution in [0.15, 0.2) is 29.4 Å². The van der Waals surface area contributed by atoms with Gasteiger partial charge in [-0.25, -0.2) is 0 Å². The standard InChI is InChI=1S/C11H15N3O/c1-9-4-6-10(7-5-9)13-12-8-11(15)14(2)3/h4-8,13H,1-3H3/b12-8+. The molecule has 0 aromatic heterocycles. The number of amides is 1. The molecule has 1 N–H and O–H groups in total. The Morgan fingerprint density at radius 3 is 2.47 bits per heavy atom. The maximum atomic E-state index is 11.1. The molecule has 0 aliphatic heterocycles. The van der Waals surface area contributed by atoms with Crippen molar-refractivity contribution in [3.8, 4) is 0 Å². The summed E-state index contributed by atoms with van der Waals surface area (Å²) in [6, 6.07) is 7.77. The van der Waals surface area contributed by atoms with Gasteiger partial charge in [-0.05, 0) is 19.1 Å². The predicted octanol–water partition coefficient (Wildman–Crippen LogP) is 1.48. The van der Waals surface area contributed by atoms with Crippen molar-refractivity contribution in [3.63, 3.8) is 0 Å². The fourth-order valence-electron chi connectivity index (χ4n) is 0.906. The molecule has 0 heterocycles. The Hall–Kier alpha value is -1.84. The highest BCUT2D eigenvalue weighted by atomic mass is 16.2. The van der Waals surface area contributed by atoms with Gasteiger partial charge in [0.05, 0.1) is 5.69 Å². The summed E-state index contributed by atoms with van der Waals surface area (Å²) >= 11 is 0. The normalized spacial score (nSPS) is 10.3. The van der Waals surface area contributed by atoms with E-state index in [1.54, 1.807) is 14.1 Å². The minimum Gasteiger partial charge on any atom is -0.344 e. The van der Waals surface area contributed by atoms with Crippen LogP contribution in [-0.2, 0) is 4.79 Å². The third kappa shape index (κ3) is 3.81. The minimum absolute atomic E-state index is 0.144.